The summed E-state index contributed by atoms with van der Waals surface area (Å²) in [4.78, 5) is 12.2. The Bertz CT molecular complexity index is 1070. The van der Waals surface area contributed by atoms with Crippen LogP contribution in [0, 0.1) is 18.3 Å². The van der Waals surface area contributed by atoms with Gasteiger partial charge < -0.3 is 5.32 Å². The van der Waals surface area contributed by atoms with E-state index in [9.17, 15) is 10.1 Å². The predicted molar refractivity (Wildman–Crippen MR) is 111 cm³/mol. The Morgan fingerprint density at radius 1 is 1.21 bits per heavy atom. The summed E-state index contributed by atoms with van der Waals surface area (Å²) in [5, 5.41) is 16.8. The van der Waals surface area contributed by atoms with Crippen molar-refractivity contribution in [1.29, 1.82) is 5.26 Å². The molecule has 2 aromatic carbocycles. The van der Waals surface area contributed by atoms with Gasteiger partial charge in [-0.15, -0.1) is 6.58 Å². The van der Waals surface area contributed by atoms with E-state index in [-0.39, 0.29) is 5.57 Å². The molecule has 0 aliphatic carbocycles. The molecule has 138 valence electrons. The van der Waals surface area contributed by atoms with Crippen molar-refractivity contribution in [3.63, 3.8) is 0 Å². The first-order chi connectivity index (χ1) is 13.6. The molecular weight excluding hydrogens is 348 g/mol. The maximum absolute atomic E-state index is 12.2. The number of rotatable bonds is 6. The van der Waals surface area contributed by atoms with Crippen molar-refractivity contribution in [2.24, 2.45) is 0 Å². The molecule has 1 heterocycles. The first-order valence-electron chi connectivity index (χ1n) is 8.86. The Hall–Kier alpha value is -3.91. The third-order valence-corrected chi connectivity index (χ3v) is 4.22. The molecule has 0 saturated heterocycles. The lowest BCUT2D eigenvalue weighted by molar-refractivity contribution is -0.116. The smallest absolute Gasteiger partial charge is 0.262 e. The van der Waals surface area contributed by atoms with Crippen LogP contribution in [0.1, 0.15) is 11.1 Å². The van der Waals surface area contributed by atoms with Gasteiger partial charge in [0.05, 0.1) is 11.4 Å². The minimum Gasteiger partial charge on any atom is -0.348 e. The Balaban J connectivity index is 2.12. The average molecular weight is 368 g/mol. The van der Waals surface area contributed by atoms with Gasteiger partial charge in [-0.25, -0.2) is 4.68 Å². The van der Waals surface area contributed by atoms with Crippen molar-refractivity contribution in [3.8, 4) is 23.0 Å². The normalized spacial score (nSPS) is 10.9. The minimum atomic E-state index is -0.440. The number of hydrogen-bond donors (Lipinski definition) is 1. The van der Waals surface area contributed by atoms with E-state index < -0.39 is 5.91 Å². The standard InChI is InChI=1S/C23H20N4O/c1-3-13-25-23(28)19(15-24)14-20-16-27(21-12-8-7-9-17(21)2)26-22(20)18-10-5-4-6-11-18/h3-12,14,16H,1,13H2,2H3,(H,25,28)/b19-14+. The zero-order chi connectivity index (χ0) is 19.9. The van der Waals surface area contributed by atoms with E-state index >= 15 is 0 Å². The fourth-order valence-electron chi connectivity index (χ4n) is 2.82. The average Bonchev–Trinajstić information content (AvgIpc) is 3.14. The molecule has 1 N–H and O–H groups in total. The third-order valence-electron chi connectivity index (χ3n) is 4.22. The lowest BCUT2D eigenvalue weighted by atomic mass is 10.1. The molecule has 0 atom stereocenters. The molecule has 0 spiro atoms. The zero-order valence-corrected chi connectivity index (χ0v) is 15.6. The van der Waals surface area contributed by atoms with Crippen LogP contribution in [0.2, 0.25) is 0 Å². The predicted octanol–water partition coefficient (Wildman–Crippen LogP) is 4.06. The number of aromatic nitrogens is 2. The largest absolute Gasteiger partial charge is 0.348 e. The maximum Gasteiger partial charge on any atom is 0.262 e. The van der Waals surface area contributed by atoms with Gasteiger partial charge in [0.15, 0.2) is 0 Å². The molecule has 3 aromatic rings. The van der Waals surface area contributed by atoms with Crippen LogP contribution in [-0.4, -0.2) is 22.2 Å². The van der Waals surface area contributed by atoms with Gasteiger partial charge in [-0.05, 0) is 24.6 Å². The number of amides is 1. The second-order valence-corrected chi connectivity index (χ2v) is 6.20. The first kappa shape index (κ1) is 18.9. The van der Waals surface area contributed by atoms with E-state index in [1.54, 1.807) is 16.8 Å². The number of nitrogens with zero attached hydrogens (tertiary/aromatic N) is 3. The molecule has 0 aliphatic heterocycles. The number of para-hydroxylation sites is 1. The molecule has 5 nitrogen and oxygen atoms in total. The van der Waals surface area contributed by atoms with Crippen molar-refractivity contribution in [1.82, 2.24) is 15.1 Å². The van der Waals surface area contributed by atoms with Crippen LogP contribution >= 0.6 is 0 Å². The molecule has 0 radical (unpaired) electrons. The third kappa shape index (κ3) is 4.08. The van der Waals surface area contributed by atoms with E-state index in [0.29, 0.717) is 17.8 Å². The Kier molecular flexibility index (Phi) is 5.83. The van der Waals surface area contributed by atoms with Crippen LogP contribution in [0.15, 0.2) is 79.0 Å². The van der Waals surface area contributed by atoms with Gasteiger partial charge in [0.1, 0.15) is 11.6 Å². The number of benzene rings is 2. The summed E-state index contributed by atoms with van der Waals surface area (Å²) in [6.07, 6.45) is 4.98. The Morgan fingerprint density at radius 3 is 2.61 bits per heavy atom. The molecule has 0 fully saturated rings. The van der Waals surface area contributed by atoms with Crippen LogP contribution in [0.3, 0.4) is 0 Å². The van der Waals surface area contributed by atoms with Gasteiger partial charge in [-0.2, -0.15) is 10.4 Å². The summed E-state index contributed by atoms with van der Waals surface area (Å²) in [5.41, 5.74) is 4.33. The molecule has 5 heteroatoms. The Labute approximate surface area is 164 Å². The van der Waals surface area contributed by atoms with E-state index in [1.807, 2.05) is 73.8 Å². The second kappa shape index (κ2) is 8.65. The van der Waals surface area contributed by atoms with E-state index in [2.05, 4.69) is 11.9 Å². The molecule has 28 heavy (non-hydrogen) atoms. The fraction of sp³-hybridized carbons (Fsp3) is 0.0870. The molecule has 1 aromatic heterocycles. The summed E-state index contributed by atoms with van der Waals surface area (Å²) in [7, 11) is 0. The Morgan fingerprint density at radius 2 is 1.93 bits per heavy atom. The van der Waals surface area contributed by atoms with Gasteiger partial charge in [0.2, 0.25) is 0 Å². The minimum absolute atomic E-state index is 0.0170. The van der Waals surface area contributed by atoms with E-state index in [4.69, 9.17) is 5.10 Å². The monoisotopic (exact) mass is 368 g/mol. The summed E-state index contributed by atoms with van der Waals surface area (Å²) in [6.45, 7) is 5.88. The zero-order valence-electron chi connectivity index (χ0n) is 15.6. The van der Waals surface area contributed by atoms with Crippen molar-refractivity contribution in [3.05, 3.63) is 90.1 Å². The van der Waals surface area contributed by atoms with Gasteiger partial charge in [-0.1, -0.05) is 54.6 Å². The quantitative estimate of drug-likeness (QED) is 0.405. The van der Waals surface area contributed by atoms with E-state index in [1.165, 1.54) is 0 Å². The first-order valence-corrected chi connectivity index (χ1v) is 8.86. The second-order valence-electron chi connectivity index (χ2n) is 6.20. The van der Waals surface area contributed by atoms with Crippen molar-refractivity contribution in [2.75, 3.05) is 6.54 Å². The molecule has 3 rings (SSSR count). The molecule has 0 saturated carbocycles. The summed E-state index contributed by atoms with van der Waals surface area (Å²) in [6, 6.07) is 19.6. The fourth-order valence-corrected chi connectivity index (χ4v) is 2.82. The lowest BCUT2D eigenvalue weighted by Gasteiger charge is -2.04. The SMILES string of the molecule is C=CCNC(=O)/C(C#N)=C/c1cn(-c2ccccc2C)nc1-c1ccccc1. The van der Waals surface area contributed by atoms with Crippen LogP contribution in [0.5, 0.6) is 0 Å². The van der Waals surface area contributed by atoms with Crippen molar-refractivity contribution >= 4 is 12.0 Å². The van der Waals surface area contributed by atoms with Gasteiger partial charge in [-0.3, -0.25) is 4.79 Å². The number of carbonyl (C=O) groups is 1. The van der Waals surface area contributed by atoms with E-state index in [0.717, 1.165) is 16.8 Å². The topological polar surface area (TPSA) is 70.7 Å². The molecule has 1 amide bonds. The molecule has 0 aliphatic rings. The number of aryl methyl sites for hydroxylation is 1. The molecule has 0 unspecified atom stereocenters. The van der Waals surface area contributed by atoms with Crippen LogP contribution in [-0.2, 0) is 4.79 Å². The highest BCUT2D eigenvalue weighted by molar-refractivity contribution is 6.02. The highest BCUT2D eigenvalue weighted by atomic mass is 16.1. The highest BCUT2D eigenvalue weighted by Crippen LogP contribution is 2.26. The maximum atomic E-state index is 12.2. The van der Waals surface area contributed by atoms with Crippen LogP contribution < -0.4 is 5.32 Å². The van der Waals surface area contributed by atoms with Gasteiger partial charge in [0.25, 0.3) is 5.91 Å². The van der Waals surface area contributed by atoms with Crippen LogP contribution in [0.4, 0.5) is 0 Å². The lowest BCUT2D eigenvalue weighted by Crippen LogP contribution is -2.24. The molecule has 0 bridgehead atoms. The summed E-state index contributed by atoms with van der Waals surface area (Å²) < 4.78 is 1.78. The number of nitriles is 1. The van der Waals surface area contributed by atoms with Gasteiger partial charge in [0, 0.05) is 23.9 Å². The van der Waals surface area contributed by atoms with Crippen molar-refractivity contribution in [2.45, 2.75) is 6.92 Å². The summed E-state index contributed by atoms with van der Waals surface area (Å²) in [5.74, 6) is -0.440. The molecular formula is C23H20N4O. The van der Waals surface area contributed by atoms with Crippen molar-refractivity contribution < 1.29 is 4.79 Å². The van der Waals surface area contributed by atoms with Crippen LogP contribution in [0.25, 0.3) is 23.0 Å². The number of nitrogens with one attached hydrogen (secondary N) is 1. The number of hydrogen-bond acceptors (Lipinski definition) is 3. The number of carbonyl (C=O) groups excluding carboxylic acids is 1. The van der Waals surface area contributed by atoms with Gasteiger partial charge >= 0.3 is 0 Å². The summed E-state index contributed by atoms with van der Waals surface area (Å²) >= 11 is 0. The highest BCUT2D eigenvalue weighted by Gasteiger charge is 2.15.